The molecule has 0 amide bonds. The molecule has 0 radical (unpaired) electrons. The summed E-state index contributed by atoms with van der Waals surface area (Å²) in [4.78, 5) is 15.8. The molecule has 0 spiro atoms. The molecule has 3 nitrogen and oxygen atoms in total. The number of halogens is 3. The second-order valence-corrected chi connectivity index (χ2v) is 6.45. The van der Waals surface area contributed by atoms with E-state index in [1.54, 1.807) is 30.3 Å². The number of nitrogens with zero attached hydrogens (tertiary/aromatic N) is 1. The normalized spacial score (nSPS) is 11.1. The molecule has 0 bridgehead atoms. The Hall–Kier alpha value is -1.33. The number of aromatic amines is 1. The summed E-state index contributed by atoms with van der Waals surface area (Å²) in [5.74, 6) is 0. The summed E-state index contributed by atoms with van der Waals surface area (Å²) in [6.07, 6.45) is 0. The van der Waals surface area contributed by atoms with Crippen molar-refractivity contribution in [3.05, 3.63) is 66.1 Å². The summed E-state index contributed by atoms with van der Waals surface area (Å²) in [6, 6.07) is 8.33. The number of aromatic nitrogens is 2. The van der Waals surface area contributed by atoms with Crippen LogP contribution in [0.15, 0.2) is 35.1 Å². The van der Waals surface area contributed by atoms with E-state index < -0.39 is 0 Å². The number of nitrogens with one attached hydrogen (secondary N) is 1. The third-order valence-electron chi connectivity index (χ3n) is 3.33. The largest absolute Gasteiger partial charge is 0.331 e. The van der Waals surface area contributed by atoms with Gasteiger partial charge in [-0.2, -0.15) is 0 Å². The quantitative estimate of drug-likeness (QED) is 0.588. The van der Waals surface area contributed by atoms with E-state index in [4.69, 9.17) is 47.0 Å². The maximum atomic E-state index is 12.8. The van der Waals surface area contributed by atoms with E-state index in [2.05, 4.69) is 4.98 Å². The highest BCUT2D eigenvalue weighted by atomic mass is 35.5. The molecule has 3 aromatic rings. The number of hydrogen-bond acceptors (Lipinski definition) is 2. The lowest BCUT2D eigenvalue weighted by molar-refractivity contribution is 0.938. The first kappa shape index (κ1) is 15.6. The van der Waals surface area contributed by atoms with Crippen molar-refractivity contribution in [3.8, 4) is 5.69 Å². The van der Waals surface area contributed by atoms with Gasteiger partial charge in [-0.15, -0.1) is 0 Å². The van der Waals surface area contributed by atoms with Gasteiger partial charge in [0.2, 0.25) is 0 Å². The van der Waals surface area contributed by atoms with E-state index in [0.717, 1.165) is 5.56 Å². The van der Waals surface area contributed by atoms with Gasteiger partial charge in [0.15, 0.2) is 4.77 Å². The van der Waals surface area contributed by atoms with Crippen molar-refractivity contribution in [2.75, 3.05) is 0 Å². The Kier molecular flexibility index (Phi) is 4.03. The van der Waals surface area contributed by atoms with Gasteiger partial charge in [0.1, 0.15) is 0 Å². The van der Waals surface area contributed by atoms with E-state index >= 15 is 0 Å². The lowest BCUT2D eigenvalue weighted by Crippen LogP contribution is -2.21. The van der Waals surface area contributed by atoms with Crippen LogP contribution in [0.2, 0.25) is 15.1 Å². The standard InChI is InChI=1S/C15H9Cl3N2OS/c1-7-4-13(11(18)6-10(7)17)20-14(21)9-5-8(16)2-3-12(9)19-15(20)22/h2-6H,1H3,(H,19,22). The van der Waals surface area contributed by atoms with Gasteiger partial charge in [0.05, 0.1) is 21.6 Å². The third-order valence-corrected chi connectivity index (χ3v) is 4.56. The molecule has 0 saturated heterocycles. The highest BCUT2D eigenvalue weighted by Crippen LogP contribution is 2.27. The highest BCUT2D eigenvalue weighted by Gasteiger charge is 2.12. The van der Waals surface area contributed by atoms with E-state index in [-0.39, 0.29) is 10.3 Å². The molecule has 3 rings (SSSR count). The summed E-state index contributed by atoms with van der Waals surface area (Å²) in [7, 11) is 0. The van der Waals surface area contributed by atoms with Crippen molar-refractivity contribution >= 4 is 57.9 Å². The molecule has 1 aromatic heterocycles. The van der Waals surface area contributed by atoms with Gasteiger partial charge < -0.3 is 4.98 Å². The number of hydrogen-bond donors (Lipinski definition) is 1. The zero-order valence-corrected chi connectivity index (χ0v) is 14.4. The first-order valence-electron chi connectivity index (χ1n) is 6.29. The molecule has 0 aliphatic heterocycles. The molecular formula is C15H9Cl3N2OS. The minimum Gasteiger partial charge on any atom is -0.331 e. The fourth-order valence-electron chi connectivity index (χ4n) is 2.22. The maximum Gasteiger partial charge on any atom is 0.266 e. The molecule has 0 unspecified atom stereocenters. The Labute approximate surface area is 146 Å². The number of aryl methyl sites for hydroxylation is 1. The summed E-state index contributed by atoms with van der Waals surface area (Å²) < 4.78 is 1.60. The van der Waals surface area contributed by atoms with E-state index in [1.807, 2.05) is 6.92 Å². The Morgan fingerprint density at radius 2 is 1.82 bits per heavy atom. The highest BCUT2D eigenvalue weighted by molar-refractivity contribution is 7.71. The first-order valence-corrected chi connectivity index (χ1v) is 7.83. The number of rotatable bonds is 1. The van der Waals surface area contributed by atoms with Crippen molar-refractivity contribution in [1.82, 2.24) is 9.55 Å². The fraction of sp³-hybridized carbons (Fsp3) is 0.0667. The molecule has 0 aliphatic rings. The number of benzene rings is 2. The smallest absolute Gasteiger partial charge is 0.266 e. The predicted octanol–water partition coefficient (Wildman–Crippen LogP) is 5.32. The van der Waals surface area contributed by atoms with Gasteiger partial charge in [0, 0.05) is 10.0 Å². The van der Waals surface area contributed by atoms with E-state index in [1.165, 1.54) is 4.57 Å². The number of fused-ring (bicyclic) bond motifs is 1. The predicted molar refractivity (Wildman–Crippen MR) is 94.5 cm³/mol. The van der Waals surface area contributed by atoms with Crippen LogP contribution in [-0.4, -0.2) is 9.55 Å². The molecule has 0 saturated carbocycles. The lowest BCUT2D eigenvalue weighted by Gasteiger charge is -2.11. The van der Waals surface area contributed by atoms with Gasteiger partial charge in [-0.25, -0.2) is 0 Å². The van der Waals surface area contributed by atoms with E-state index in [0.29, 0.717) is 31.7 Å². The van der Waals surface area contributed by atoms with Gasteiger partial charge in [-0.05, 0) is 55.0 Å². The zero-order valence-electron chi connectivity index (χ0n) is 11.3. The van der Waals surface area contributed by atoms with Crippen LogP contribution in [0.5, 0.6) is 0 Å². The Balaban J connectivity index is 2.44. The Morgan fingerprint density at radius 1 is 1.09 bits per heavy atom. The molecule has 22 heavy (non-hydrogen) atoms. The topological polar surface area (TPSA) is 37.8 Å². The van der Waals surface area contributed by atoms with Crippen molar-refractivity contribution in [2.24, 2.45) is 0 Å². The first-order chi connectivity index (χ1) is 10.4. The Morgan fingerprint density at radius 3 is 2.55 bits per heavy atom. The molecule has 0 fully saturated rings. The zero-order chi connectivity index (χ0) is 16.0. The van der Waals surface area contributed by atoms with Gasteiger partial charge in [0.25, 0.3) is 5.56 Å². The summed E-state index contributed by atoms with van der Waals surface area (Å²) in [5.41, 5.74) is 1.62. The number of H-pyrrole nitrogens is 1. The van der Waals surface area contributed by atoms with Crippen LogP contribution in [-0.2, 0) is 0 Å². The molecule has 0 atom stereocenters. The fourth-order valence-corrected chi connectivity index (χ4v) is 3.15. The maximum absolute atomic E-state index is 12.8. The molecule has 1 N–H and O–H groups in total. The van der Waals surface area contributed by atoms with Crippen LogP contribution in [0, 0.1) is 11.7 Å². The monoisotopic (exact) mass is 370 g/mol. The van der Waals surface area contributed by atoms with Crippen LogP contribution < -0.4 is 5.56 Å². The molecule has 2 aromatic carbocycles. The molecule has 112 valence electrons. The summed E-state index contributed by atoms with van der Waals surface area (Å²) in [5, 5.41) is 1.78. The van der Waals surface area contributed by atoms with Crippen molar-refractivity contribution < 1.29 is 0 Å². The van der Waals surface area contributed by atoms with Crippen molar-refractivity contribution in [3.63, 3.8) is 0 Å². The lowest BCUT2D eigenvalue weighted by atomic mass is 10.2. The molecular weight excluding hydrogens is 363 g/mol. The molecule has 7 heteroatoms. The average molecular weight is 372 g/mol. The molecule has 1 heterocycles. The van der Waals surface area contributed by atoms with Crippen LogP contribution >= 0.6 is 47.0 Å². The van der Waals surface area contributed by atoms with Crippen LogP contribution in [0.3, 0.4) is 0 Å². The van der Waals surface area contributed by atoms with Crippen molar-refractivity contribution in [2.45, 2.75) is 6.92 Å². The summed E-state index contributed by atoms with van der Waals surface area (Å²) >= 11 is 23.6. The average Bonchev–Trinajstić information content (AvgIpc) is 2.45. The van der Waals surface area contributed by atoms with Crippen molar-refractivity contribution in [1.29, 1.82) is 0 Å². The van der Waals surface area contributed by atoms with Crippen LogP contribution in [0.1, 0.15) is 5.56 Å². The second-order valence-electron chi connectivity index (χ2n) is 4.81. The molecule has 0 aliphatic carbocycles. The van der Waals surface area contributed by atoms with Crippen LogP contribution in [0.4, 0.5) is 0 Å². The van der Waals surface area contributed by atoms with Gasteiger partial charge >= 0.3 is 0 Å². The SMILES string of the molecule is Cc1cc(-n2c(=S)[nH]c3ccc(Cl)cc3c2=O)c(Cl)cc1Cl. The van der Waals surface area contributed by atoms with Crippen LogP contribution in [0.25, 0.3) is 16.6 Å². The third kappa shape index (κ3) is 2.57. The minimum atomic E-state index is -0.287. The van der Waals surface area contributed by atoms with E-state index in [9.17, 15) is 4.79 Å². The van der Waals surface area contributed by atoms with Gasteiger partial charge in [-0.3, -0.25) is 9.36 Å². The second kappa shape index (κ2) is 5.70. The summed E-state index contributed by atoms with van der Waals surface area (Å²) in [6.45, 7) is 1.83. The minimum absolute atomic E-state index is 0.253. The Bertz CT molecular complexity index is 1020. The van der Waals surface area contributed by atoms with Gasteiger partial charge in [-0.1, -0.05) is 34.8 Å².